The van der Waals surface area contributed by atoms with E-state index >= 15 is 0 Å². The first-order valence-electron chi connectivity index (χ1n) is 4.69. The van der Waals surface area contributed by atoms with Gasteiger partial charge in [-0.25, -0.2) is 9.10 Å². The molecule has 0 saturated carbocycles. The Morgan fingerprint density at radius 2 is 1.86 bits per heavy atom. The van der Waals surface area contributed by atoms with E-state index in [1.807, 2.05) is 0 Å². The van der Waals surface area contributed by atoms with Crippen LogP contribution in [0.3, 0.4) is 0 Å². The molecule has 5 nitrogen and oxygen atoms in total. The van der Waals surface area contributed by atoms with Crippen molar-refractivity contribution in [2.45, 2.75) is 12.8 Å². The molecule has 14 heavy (non-hydrogen) atoms. The van der Waals surface area contributed by atoms with Gasteiger partial charge in [0.2, 0.25) is 0 Å². The molecule has 0 spiro atoms. The summed E-state index contributed by atoms with van der Waals surface area (Å²) in [4.78, 5) is 24.3. The lowest BCUT2D eigenvalue weighted by Crippen LogP contribution is -2.29. The number of nitrogens with zero attached hydrogens (tertiary/aromatic N) is 3. The maximum absolute atomic E-state index is 11.5. The van der Waals surface area contributed by atoms with Gasteiger partial charge in [0.25, 0.3) is 5.91 Å². The van der Waals surface area contributed by atoms with Gasteiger partial charge in [-0.15, -0.1) is 0 Å². The Hall–Kier alpha value is -0.750. The van der Waals surface area contributed by atoms with Crippen molar-refractivity contribution >= 4 is 24.1 Å². The number of hydrogen-bond donors (Lipinski definition) is 0. The van der Waals surface area contributed by atoms with Gasteiger partial charge >= 0.3 is 6.03 Å². The van der Waals surface area contributed by atoms with Crippen molar-refractivity contribution in [2.24, 2.45) is 0 Å². The van der Waals surface area contributed by atoms with E-state index in [9.17, 15) is 9.59 Å². The van der Waals surface area contributed by atoms with Crippen LogP contribution in [0.2, 0.25) is 0 Å². The van der Waals surface area contributed by atoms with E-state index in [1.54, 1.807) is 7.05 Å². The molecular weight excluding hydrogens is 202 g/mol. The summed E-state index contributed by atoms with van der Waals surface area (Å²) in [6.07, 6.45) is 2.30. The highest BCUT2D eigenvalue weighted by atomic mass is 32.2. The molecule has 2 fully saturated rings. The number of carbonyl (C=O) groups excluding carboxylic acids is 2. The van der Waals surface area contributed by atoms with Gasteiger partial charge in [0.15, 0.2) is 0 Å². The zero-order chi connectivity index (χ0) is 10.1. The molecule has 0 aromatic carbocycles. The molecule has 2 rings (SSSR count). The molecule has 2 aliphatic heterocycles. The van der Waals surface area contributed by atoms with Crippen LogP contribution in [0.1, 0.15) is 12.8 Å². The van der Waals surface area contributed by atoms with Gasteiger partial charge in [0.05, 0.1) is 12.1 Å². The summed E-state index contributed by atoms with van der Waals surface area (Å²) in [7, 11) is 1.64. The molecule has 0 atom stereocenters. The van der Waals surface area contributed by atoms with Gasteiger partial charge in [-0.3, -0.25) is 4.79 Å². The van der Waals surface area contributed by atoms with E-state index in [0.717, 1.165) is 25.9 Å². The summed E-state index contributed by atoms with van der Waals surface area (Å²) in [5, 5.41) is 0. The standard InChI is InChI=1S/C8H13N3O2S/c1-9-6-7(12)11(8(9)13)14-10-4-2-3-5-10/h2-6H2,1H3. The van der Waals surface area contributed by atoms with Crippen LogP contribution in [-0.4, -0.2) is 52.1 Å². The fourth-order valence-electron chi connectivity index (χ4n) is 1.56. The van der Waals surface area contributed by atoms with Gasteiger partial charge in [0, 0.05) is 20.1 Å². The third kappa shape index (κ3) is 1.72. The van der Waals surface area contributed by atoms with Crippen molar-refractivity contribution in [3.05, 3.63) is 0 Å². The summed E-state index contributed by atoms with van der Waals surface area (Å²) in [6.45, 7) is 2.14. The van der Waals surface area contributed by atoms with Crippen LogP contribution >= 0.6 is 12.1 Å². The van der Waals surface area contributed by atoms with Crippen LogP contribution in [0.4, 0.5) is 4.79 Å². The van der Waals surface area contributed by atoms with Gasteiger partial charge in [-0.1, -0.05) is 0 Å². The Labute approximate surface area is 87.3 Å². The number of amides is 3. The molecule has 0 aliphatic carbocycles. The van der Waals surface area contributed by atoms with E-state index in [2.05, 4.69) is 4.31 Å². The smallest absolute Gasteiger partial charge is 0.317 e. The third-order valence-electron chi connectivity index (χ3n) is 2.36. The summed E-state index contributed by atoms with van der Waals surface area (Å²) >= 11 is 1.26. The zero-order valence-electron chi connectivity index (χ0n) is 8.10. The summed E-state index contributed by atoms with van der Waals surface area (Å²) in [6, 6.07) is -0.202. The molecular formula is C8H13N3O2S. The molecule has 0 aromatic rings. The normalized spacial score (nSPS) is 24.1. The average molecular weight is 215 g/mol. The second-order valence-electron chi connectivity index (χ2n) is 3.54. The summed E-state index contributed by atoms with van der Waals surface area (Å²) in [5.41, 5.74) is 0. The lowest BCUT2D eigenvalue weighted by Gasteiger charge is -2.18. The van der Waals surface area contributed by atoms with Crippen molar-refractivity contribution in [2.75, 3.05) is 26.7 Å². The molecule has 0 bridgehead atoms. The number of rotatable bonds is 2. The highest BCUT2D eigenvalue weighted by molar-refractivity contribution is 7.95. The van der Waals surface area contributed by atoms with Gasteiger partial charge in [-0.2, -0.15) is 4.31 Å². The minimum Gasteiger partial charge on any atom is -0.317 e. The van der Waals surface area contributed by atoms with Crippen LogP contribution in [0, 0.1) is 0 Å². The van der Waals surface area contributed by atoms with Gasteiger partial charge < -0.3 is 4.90 Å². The largest absolute Gasteiger partial charge is 0.338 e. The van der Waals surface area contributed by atoms with E-state index in [4.69, 9.17) is 0 Å². The fraction of sp³-hybridized carbons (Fsp3) is 0.750. The Balaban J connectivity index is 1.96. The molecule has 0 aromatic heterocycles. The Morgan fingerprint density at radius 3 is 2.36 bits per heavy atom. The Kier molecular flexibility index (Phi) is 2.64. The minimum absolute atomic E-state index is 0.116. The molecule has 0 radical (unpaired) electrons. The quantitative estimate of drug-likeness (QED) is 0.498. The first-order valence-corrected chi connectivity index (χ1v) is 5.42. The molecule has 2 heterocycles. The molecule has 2 aliphatic rings. The number of imide groups is 1. The van der Waals surface area contributed by atoms with Crippen molar-refractivity contribution in [3.63, 3.8) is 0 Å². The van der Waals surface area contributed by atoms with E-state index < -0.39 is 0 Å². The second-order valence-corrected chi connectivity index (χ2v) is 4.59. The molecule has 2 saturated heterocycles. The lowest BCUT2D eigenvalue weighted by molar-refractivity contribution is -0.121. The number of urea groups is 1. The van der Waals surface area contributed by atoms with Crippen molar-refractivity contribution in [1.29, 1.82) is 0 Å². The molecule has 3 amide bonds. The molecule has 0 unspecified atom stereocenters. The predicted molar refractivity (Wildman–Crippen MR) is 53.3 cm³/mol. The van der Waals surface area contributed by atoms with Crippen LogP contribution in [-0.2, 0) is 4.79 Å². The van der Waals surface area contributed by atoms with Crippen molar-refractivity contribution in [1.82, 2.24) is 13.5 Å². The molecule has 78 valence electrons. The fourth-order valence-corrected chi connectivity index (χ4v) is 2.57. The van der Waals surface area contributed by atoms with Crippen LogP contribution < -0.4 is 0 Å². The lowest BCUT2D eigenvalue weighted by atomic mass is 10.4. The minimum atomic E-state index is -0.202. The SMILES string of the molecule is CN1CC(=O)N(SN2CCCC2)C1=O. The predicted octanol–water partition coefficient (Wildman–Crippen LogP) is 0.539. The maximum atomic E-state index is 11.5. The summed E-state index contributed by atoms with van der Waals surface area (Å²) in [5.74, 6) is -0.116. The number of hydrogen-bond acceptors (Lipinski definition) is 4. The third-order valence-corrected chi connectivity index (χ3v) is 3.48. The molecule has 0 N–H and O–H groups in total. The average Bonchev–Trinajstić information content (AvgIpc) is 2.71. The van der Waals surface area contributed by atoms with Crippen molar-refractivity contribution < 1.29 is 9.59 Å². The Bertz CT molecular complexity index is 265. The molecule has 6 heteroatoms. The first kappa shape index (κ1) is 9.79. The van der Waals surface area contributed by atoms with E-state index in [0.29, 0.717) is 0 Å². The van der Waals surface area contributed by atoms with Crippen LogP contribution in [0.15, 0.2) is 0 Å². The van der Waals surface area contributed by atoms with Gasteiger partial charge in [-0.05, 0) is 12.8 Å². The highest BCUT2D eigenvalue weighted by Crippen LogP contribution is 2.25. The Morgan fingerprint density at radius 1 is 1.21 bits per heavy atom. The van der Waals surface area contributed by atoms with E-state index in [-0.39, 0.29) is 18.5 Å². The van der Waals surface area contributed by atoms with Gasteiger partial charge in [0.1, 0.15) is 6.54 Å². The van der Waals surface area contributed by atoms with Crippen LogP contribution in [0.5, 0.6) is 0 Å². The highest BCUT2D eigenvalue weighted by Gasteiger charge is 2.36. The van der Waals surface area contributed by atoms with Crippen molar-refractivity contribution in [3.8, 4) is 0 Å². The van der Waals surface area contributed by atoms with Crippen LogP contribution in [0.25, 0.3) is 0 Å². The second kappa shape index (κ2) is 3.78. The number of carbonyl (C=O) groups is 2. The summed E-state index contributed by atoms with van der Waals surface area (Å²) < 4.78 is 3.32. The number of likely N-dealkylation sites (N-methyl/N-ethyl adjacent to an activating group) is 1. The monoisotopic (exact) mass is 215 g/mol. The van der Waals surface area contributed by atoms with E-state index in [1.165, 1.54) is 21.3 Å². The zero-order valence-corrected chi connectivity index (χ0v) is 8.92. The topological polar surface area (TPSA) is 43.9 Å². The maximum Gasteiger partial charge on any atom is 0.338 e. The first-order chi connectivity index (χ1) is 6.68.